The summed E-state index contributed by atoms with van der Waals surface area (Å²) >= 11 is 0. The van der Waals surface area contributed by atoms with Crippen molar-refractivity contribution in [3.05, 3.63) is 35.8 Å². The molecule has 7 heteroatoms. The number of carbonyl (C=O) groups is 2. The molecule has 0 aliphatic rings. The van der Waals surface area contributed by atoms with E-state index in [9.17, 15) is 14.7 Å². The zero-order chi connectivity index (χ0) is 17.9. The molecule has 0 bridgehead atoms. The second kappa shape index (κ2) is 7.44. The normalized spacial score (nSPS) is 13.9. The van der Waals surface area contributed by atoms with E-state index in [1.807, 2.05) is 61.6 Å². The van der Waals surface area contributed by atoms with Crippen molar-refractivity contribution < 1.29 is 14.7 Å². The molecule has 0 aliphatic heterocycles. The van der Waals surface area contributed by atoms with Gasteiger partial charge in [0.05, 0.1) is 5.69 Å². The lowest BCUT2D eigenvalue weighted by atomic mass is 9.99. The van der Waals surface area contributed by atoms with Crippen molar-refractivity contribution in [1.29, 1.82) is 0 Å². The number of rotatable bonds is 7. The van der Waals surface area contributed by atoms with E-state index in [1.54, 1.807) is 0 Å². The van der Waals surface area contributed by atoms with Crippen LogP contribution in [-0.4, -0.2) is 51.4 Å². The molecular formula is C17H24N4O3. The van der Waals surface area contributed by atoms with Crippen molar-refractivity contribution in [2.24, 2.45) is 5.92 Å². The Kier molecular flexibility index (Phi) is 5.56. The number of aromatic nitrogens is 2. The molecule has 2 aromatic heterocycles. The van der Waals surface area contributed by atoms with E-state index in [4.69, 9.17) is 0 Å². The predicted molar refractivity (Wildman–Crippen MR) is 90.9 cm³/mol. The van der Waals surface area contributed by atoms with E-state index in [0.29, 0.717) is 18.6 Å². The standard InChI is InChI=1S/C17H24N4O3/c1-5-11(2)14(17(23)24)19-16(22)15-12(10-20(3)4)21-9-7-6-8-13(21)18-15/h6-9,11,14H,5,10H2,1-4H3,(H,19,22)(H,23,24). The quantitative estimate of drug-likeness (QED) is 0.805. The molecule has 0 spiro atoms. The van der Waals surface area contributed by atoms with Crippen molar-refractivity contribution in [2.75, 3.05) is 14.1 Å². The number of hydrogen-bond acceptors (Lipinski definition) is 4. The summed E-state index contributed by atoms with van der Waals surface area (Å²) in [4.78, 5) is 30.5. The van der Waals surface area contributed by atoms with Gasteiger partial charge in [-0.2, -0.15) is 0 Å². The van der Waals surface area contributed by atoms with Crippen LogP contribution in [0.5, 0.6) is 0 Å². The molecular weight excluding hydrogens is 308 g/mol. The van der Waals surface area contributed by atoms with Gasteiger partial charge in [-0.1, -0.05) is 26.3 Å². The zero-order valence-electron chi connectivity index (χ0n) is 14.5. The fourth-order valence-corrected chi connectivity index (χ4v) is 2.57. The van der Waals surface area contributed by atoms with Gasteiger partial charge >= 0.3 is 5.97 Å². The number of carboxylic acid groups (broad SMARTS) is 1. The number of carbonyl (C=O) groups excluding carboxylic acids is 1. The molecule has 2 rings (SSSR count). The van der Waals surface area contributed by atoms with Gasteiger partial charge in [0.1, 0.15) is 11.7 Å². The summed E-state index contributed by atoms with van der Waals surface area (Å²) < 4.78 is 1.86. The third-order valence-electron chi connectivity index (χ3n) is 4.08. The highest BCUT2D eigenvalue weighted by Crippen LogP contribution is 2.16. The molecule has 0 radical (unpaired) electrons. The van der Waals surface area contributed by atoms with Crippen molar-refractivity contribution in [2.45, 2.75) is 32.9 Å². The molecule has 24 heavy (non-hydrogen) atoms. The average Bonchev–Trinajstić information content (AvgIpc) is 2.89. The molecule has 2 unspecified atom stereocenters. The van der Waals surface area contributed by atoms with Crippen LogP contribution in [0.1, 0.15) is 36.5 Å². The van der Waals surface area contributed by atoms with Gasteiger partial charge in [-0.05, 0) is 32.1 Å². The van der Waals surface area contributed by atoms with Crippen LogP contribution in [0, 0.1) is 5.92 Å². The van der Waals surface area contributed by atoms with Crippen LogP contribution in [0.15, 0.2) is 24.4 Å². The molecule has 130 valence electrons. The van der Waals surface area contributed by atoms with Crippen LogP contribution in [0.3, 0.4) is 0 Å². The van der Waals surface area contributed by atoms with Crippen LogP contribution >= 0.6 is 0 Å². The van der Waals surface area contributed by atoms with E-state index < -0.39 is 17.9 Å². The summed E-state index contributed by atoms with van der Waals surface area (Å²) in [7, 11) is 3.81. The van der Waals surface area contributed by atoms with Crippen LogP contribution in [-0.2, 0) is 11.3 Å². The smallest absolute Gasteiger partial charge is 0.326 e. The largest absolute Gasteiger partial charge is 0.480 e. The van der Waals surface area contributed by atoms with Gasteiger partial charge < -0.3 is 19.7 Å². The first-order chi connectivity index (χ1) is 11.3. The van der Waals surface area contributed by atoms with E-state index in [1.165, 1.54) is 0 Å². The first-order valence-electron chi connectivity index (χ1n) is 7.99. The molecule has 7 nitrogen and oxygen atoms in total. The van der Waals surface area contributed by atoms with Gasteiger partial charge in [-0.3, -0.25) is 4.79 Å². The first-order valence-corrected chi connectivity index (χ1v) is 7.99. The van der Waals surface area contributed by atoms with E-state index in [2.05, 4.69) is 10.3 Å². The highest BCUT2D eigenvalue weighted by molar-refractivity contribution is 5.96. The second-order valence-electron chi connectivity index (χ2n) is 6.25. The lowest BCUT2D eigenvalue weighted by Gasteiger charge is -2.20. The van der Waals surface area contributed by atoms with Crippen LogP contribution in [0.25, 0.3) is 5.65 Å². The summed E-state index contributed by atoms with van der Waals surface area (Å²) in [6, 6.07) is 4.61. The Bertz CT molecular complexity index is 739. The first kappa shape index (κ1) is 17.9. The number of pyridine rings is 1. The zero-order valence-corrected chi connectivity index (χ0v) is 14.5. The van der Waals surface area contributed by atoms with E-state index in [-0.39, 0.29) is 11.6 Å². The van der Waals surface area contributed by atoms with Gasteiger partial charge in [0.25, 0.3) is 5.91 Å². The van der Waals surface area contributed by atoms with Gasteiger partial charge in [0, 0.05) is 12.7 Å². The molecule has 0 fully saturated rings. The fraction of sp³-hybridized carbons (Fsp3) is 0.471. The summed E-state index contributed by atoms with van der Waals surface area (Å²) in [6.45, 7) is 4.23. The number of fused-ring (bicyclic) bond motifs is 1. The van der Waals surface area contributed by atoms with E-state index >= 15 is 0 Å². The highest BCUT2D eigenvalue weighted by Gasteiger charge is 2.28. The Hall–Kier alpha value is -2.41. The third-order valence-corrected chi connectivity index (χ3v) is 4.08. The van der Waals surface area contributed by atoms with Crippen molar-refractivity contribution in [3.63, 3.8) is 0 Å². The molecule has 2 atom stereocenters. The summed E-state index contributed by atoms with van der Waals surface area (Å²) in [5.41, 5.74) is 1.67. The molecule has 2 heterocycles. The van der Waals surface area contributed by atoms with Crippen molar-refractivity contribution in [3.8, 4) is 0 Å². The summed E-state index contributed by atoms with van der Waals surface area (Å²) in [6.07, 6.45) is 2.51. The molecule has 1 amide bonds. The molecule has 0 aromatic carbocycles. The molecule has 2 N–H and O–H groups in total. The Balaban J connectivity index is 2.39. The lowest BCUT2D eigenvalue weighted by molar-refractivity contribution is -0.140. The second-order valence-corrected chi connectivity index (χ2v) is 6.25. The minimum atomic E-state index is -1.03. The fourth-order valence-electron chi connectivity index (χ4n) is 2.57. The number of nitrogens with one attached hydrogen (secondary N) is 1. The van der Waals surface area contributed by atoms with Gasteiger partial charge in [0.2, 0.25) is 0 Å². The average molecular weight is 332 g/mol. The van der Waals surface area contributed by atoms with E-state index in [0.717, 1.165) is 5.69 Å². The number of amides is 1. The molecule has 0 aliphatic carbocycles. The van der Waals surface area contributed by atoms with Crippen LogP contribution in [0.4, 0.5) is 0 Å². The summed E-state index contributed by atoms with van der Waals surface area (Å²) in [5.74, 6) is -1.65. The topological polar surface area (TPSA) is 86.9 Å². The van der Waals surface area contributed by atoms with Crippen molar-refractivity contribution in [1.82, 2.24) is 19.6 Å². The number of hydrogen-bond donors (Lipinski definition) is 2. The maximum absolute atomic E-state index is 12.7. The Morgan fingerprint density at radius 2 is 2.08 bits per heavy atom. The number of imidazole rings is 1. The lowest BCUT2D eigenvalue weighted by Crippen LogP contribution is -2.45. The van der Waals surface area contributed by atoms with Gasteiger partial charge in [-0.25, -0.2) is 9.78 Å². The third kappa shape index (κ3) is 3.73. The number of carboxylic acids is 1. The maximum Gasteiger partial charge on any atom is 0.326 e. The Morgan fingerprint density at radius 3 is 2.67 bits per heavy atom. The molecule has 2 aromatic rings. The minimum absolute atomic E-state index is 0.166. The van der Waals surface area contributed by atoms with Gasteiger partial charge in [-0.15, -0.1) is 0 Å². The SMILES string of the molecule is CCC(C)C(NC(=O)c1nc2ccccn2c1CN(C)C)C(=O)O. The number of nitrogens with zero attached hydrogens (tertiary/aromatic N) is 3. The highest BCUT2D eigenvalue weighted by atomic mass is 16.4. The monoisotopic (exact) mass is 332 g/mol. The minimum Gasteiger partial charge on any atom is -0.480 e. The molecule has 0 saturated carbocycles. The Labute approximate surface area is 141 Å². The van der Waals surface area contributed by atoms with Crippen LogP contribution in [0.2, 0.25) is 0 Å². The van der Waals surface area contributed by atoms with Crippen molar-refractivity contribution >= 4 is 17.5 Å². The predicted octanol–water partition coefficient (Wildman–Crippen LogP) is 1.62. The Morgan fingerprint density at radius 1 is 1.38 bits per heavy atom. The molecule has 0 saturated heterocycles. The summed E-state index contributed by atoms with van der Waals surface area (Å²) in [5, 5.41) is 12.0. The number of aliphatic carboxylic acids is 1. The van der Waals surface area contributed by atoms with Gasteiger partial charge in [0.15, 0.2) is 5.69 Å². The maximum atomic E-state index is 12.7. The van der Waals surface area contributed by atoms with Crippen LogP contribution < -0.4 is 5.32 Å².